The summed E-state index contributed by atoms with van der Waals surface area (Å²) < 4.78 is 16.0. The van der Waals surface area contributed by atoms with Crippen molar-refractivity contribution >= 4 is 65.6 Å². The molecule has 0 saturated heterocycles. The standard InChI is InChI=1S/C61H38N2O2S/c1-5-18-46-41(14-1)42-15-2-6-19-47(42)61(46)48-20-7-3-16-43(48)44-33-32-39(36-49(44)61)62(52-23-13-27-57-58(52)45-17-4-12-26-56(45)66-57)38-30-28-37(29-31-38)40-34-35-55-59-60(40)65-54-25-11-9-22-51(54)63(59)50-21-8-10-24-53(50)64-55/h1-36,43,48H. The van der Waals surface area contributed by atoms with Crippen LogP contribution in [-0.2, 0) is 5.41 Å². The second kappa shape index (κ2) is 13.5. The Bertz CT molecular complexity index is 3710. The number of allylic oxidation sites excluding steroid dienone is 4. The number of nitrogens with zero attached hydrogens (tertiary/aromatic N) is 2. The van der Waals surface area contributed by atoms with Crippen LogP contribution in [0.2, 0.25) is 0 Å². The lowest BCUT2D eigenvalue weighted by molar-refractivity contribution is 0.447. The first-order valence-electron chi connectivity index (χ1n) is 22.7. The second-order valence-electron chi connectivity index (χ2n) is 17.9. The summed E-state index contributed by atoms with van der Waals surface area (Å²) in [5.41, 5.74) is 16.2. The van der Waals surface area contributed by atoms with E-state index in [9.17, 15) is 0 Å². The topological polar surface area (TPSA) is 24.9 Å². The third-order valence-electron chi connectivity index (χ3n) is 14.7. The zero-order valence-electron chi connectivity index (χ0n) is 35.6. The minimum atomic E-state index is -0.342. The Morgan fingerprint density at radius 3 is 1.97 bits per heavy atom. The molecule has 66 heavy (non-hydrogen) atoms. The van der Waals surface area contributed by atoms with Crippen LogP contribution in [0.4, 0.5) is 34.1 Å². The number of rotatable bonds is 4. The van der Waals surface area contributed by atoms with Crippen molar-refractivity contribution < 1.29 is 9.47 Å². The lowest BCUT2D eigenvalue weighted by atomic mass is 9.65. The van der Waals surface area contributed by atoms with Gasteiger partial charge in [-0.2, -0.15) is 0 Å². The molecular formula is C61H38N2O2S. The van der Waals surface area contributed by atoms with E-state index >= 15 is 0 Å². The third-order valence-corrected chi connectivity index (χ3v) is 15.9. The number of ether oxygens (including phenoxy) is 2. The minimum absolute atomic E-state index is 0.246. The predicted molar refractivity (Wildman–Crippen MR) is 271 cm³/mol. The maximum Gasteiger partial charge on any atom is 0.163 e. The fourth-order valence-electron chi connectivity index (χ4n) is 12.1. The molecule has 3 aliphatic carbocycles. The SMILES string of the molecule is C1=CC2c3ccc(N(c4ccc(-c5ccc6c7c5Oc5ccccc5N7c5ccccc5O6)cc4)c4cccc5sc6ccccc6c45)cc3C3(c4ccccc4-c4ccccc43)C2C=C1. The van der Waals surface area contributed by atoms with Crippen molar-refractivity contribution in [1.82, 2.24) is 0 Å². The lowest BCUT2D eigenvalue weighted by Crippen LogP contribution is -2.33. The van der Waals surface area contributed by atoms with Gasteiger partial charge in [-0.25, -0.2) is 0 Å². The summed E-state index contributed by atoms with van der Waals surface area (Å²) in [4.78, 5) is 4.78. The van der Waals surface area contributed by atoms with Crippen molar-refractivity contribution in [3.05, 3.63) is 241 Å². The van der Waals surface area contributed by atoms with Crippen LogP contribution in [0.5, 0.6) is 23.0 Å². The summed E-state index contributed by atoms with van der Waals surface area (Å²) in [6.45, 7) is 0. The van der Waals surface area contributed by atoms with Crippen LogP contribution in [0.1, 0.15) is 28.2 Å². The van der Waals surface area contributed by atoms with E-state index in [-0.39, 0.29) is 17.3 Å². The molecule has 0 N–H and O–H groups in total. The Hall–Kier alpha value is -8.12. The van der Waals surface area contributed by atoms with Gasteiger partial charge >= 0.3 is 0 Å². The largest absolute Gasteiger partial charge is 0.453 e. The summed E-state index contributed by atoms with van der Waals surface area (Å²) >= 11 is 1.86. The lowest BCUT2D eigenvalue weighted by Gasteiger charge is -2.38. The smallest absolute Gasteiger partial charge is 0.163 e. The van der Waals surface area contributed by atoms with Gasteiger partial charge in [-0.05, 0) is 118 Å². The highest BCUT2D eigenvalue weighted by atomic mass is 32.1. The number of anilines is 6. The molecule has 4 nitrogen and oxygen atoms in total. The highest BCUT2D eigenvalue weighted by Gasteiger charge is 2.57. The normalized spacial score (nSPS) is 17.0. The van der Waals surface area contributed by atoms with Crippen LogP contribution in [0.3, 0.4) is 0 Å². The zero-order chi connectivity index (χ0) is 43.1. The number of thiophene rings is 1. The van der Waals surface area contributed by atoms with Gasteiger partial charge in [-0.15, -0.1) is 11.3 Å². The van der Waals surface area contributed by atoms with Gasteiger partial charge in [0.25, 0.3) is 0 Å². The van der Waals surface area contributed by atoms with Crippen molar-refractivity contribution in [2.75, 3.05) is 9.80 Å². The van der Waals surface area contributed by atoms with Crippen molar-refractivity contribution in [3.8, 4) is 45.3 Å². The molecule has 3 heterocycles. The van der Waals surface area contributed by atoms with Crippen LogP contribution in [-0.4, -0.2) is 0 Å². The molecule has 0 fully saturated rings. The minimum Gasteiger partial charge on any atom is -0.453 e. The monoisotopic (exact) mass is 862 g/mol. The Morgan fingerprint density at radius 1 is 0.500 bits per heavy atom. The Kier molecular flexibility index (Phi) is 7.39. The van der Waals surface area contributed by atoms with Gasteiger partial charge in [0.1, 0.15) is 5.69 Å². The van der Waals surface area contributed by atoms with E-state index in [0.717, 1.165) is 68.2 Å². The first-order chi connectivity index (χ1) is 32.7. The molecular weight excluding hydrogens is 825 g/mol. The van der Waals surface area contributed by atoms with Gasteiger partial charge < -0.3 is 14.4 Å². The first kappa shape index (κ1) is 36.2. The van der Waals surface area contributed by atoms with E-state index in [1.54, 1.807) is 0 Å². The highest BCUT2D eigenvalue weighted by Crippen LogP contribution is 2.66. The van der Waals surface area contributed by atoms with Gasteiger partial charge in [-0.1, -0.05) is 140 Å². The summed E-state index contributed by atoms with van der Waals surface area (Å²) in [6.07, 6.45) is 9.40. The number of para-hydroxylation sites is 4. The molecule has 0 amide bonds. The fraction of sp³-hybridized carbons (Fsp3) is 0.0492. The molecule has 15 rings (SSSR count). The maximum atomic E-state index is 6.86. The molecule has 2 atom stereocenters. The Balaban J connectivity index is 0.934. The van der Waals surface area contributed by atoms with Crippen LogP contribution >= 0.6 is 11.3 Å². The van der Waals surface area contributed by atoms with E-state index in [0.29, 0.717) is 0 Å². The molecule has 5 heteroatoms. The van der Waals surface area contributed by atoms with Crippen LogP contribution in [0, 0.1) is 5.92 Å². The summed E-state index contributed by atoms with van der Waals surface area (Å²) in [5.74, 6) is 3.70. The fourth-order valence-corrected chi connectivity index (χ4v) is 13.3. The molecule has 2 aliphatic heterocycles. The van der Waals surface area contributed by atoms with E-state index in [2.05, 4.69) is 204 Å². The molecule has 9 aromatic carbocycles. The number of fused-ring (bicyclic) bond motifs is 17. The van der Waals surface area contributed by atoms with Crippen LogP contribution in [0.15, 0.2) is 218 Å². The molecule has 5 aliphatic rings. The van der Waals surface area contributed by atoms with Crippen LogP contribution in [0.25, 0.3) is 42.4 Å². The maximum absolute atomic E-state index is 6.86. The highest BCUT2D eigenvalue weighted by molar-refractivity contribution is 7.26. The van der Waals surface area contributed by atoms with Crippen molar-refractivity contribution in [2.45, 2.75) is 11.3 Å². The first-order valence-corrected chi connectivity index (χ1v) is 23.6. The number of hydrogen-bond donors (Lipinski definition) is 0. The summed E-state index contributed by atoms with van der Waals surface area (Å²) in [5, 5.41) is 2.53. The van der Waals surface area contributed by atoms with Crippen molar-refractivity contribution in [2.24, 2.45) is 5.92 Å². The summed E-state index contributed by atoms with van der Waals surface area (Å²) in [6, 6.07) is 71.0. The number of hydrogen-bond acceptors (Lipinski definition) is 5. The molecule has 310 valence electrons. The number of benzene rings is 9. The molecule has 0 bridgehead atoms. The van der Waals surface area contributed by atoms with Crippen LogP contribution < -0.4 is 19.3 Å². The van der Waals surface area contributed by atoms with Gasteiger partial charge in [0.2, 0.25) is 0 Å². The Labute approximate surface area is 386 Å². The van der Waals surface area contributed by atoms with E-state index in [1.165, 1.54) is 53.6 Å². The van der Waals surface area contributed by atoms with Gasteiger partial charge in [0.05, 0.1) is 22.5 Å². The molecule has 0 radical (unpaired) electrons. The van der Waals surface area contributed by atoms with Gasteiger partial charge in [0.15, 0.2) is 23.0 Å². The van der Waals surface area contributed by atoms with Gasteiger partial charge in [-0.3, -0.25) is 4.90 Å². The Morgan fingerprint density at radius 2 is 1.17 bits per heavy atom. The predicted octanol–water partition coefficient (Wildman–Crippen LogP) is 17.0. The quantitative estimate of drug-likeness (QED) is 0.176. The molecule has 10 aromatic rings. The molecule has 2 unspecified atom stereocenters. The second-order valence-corrected chi connectivity index (χ2v) is 19.0. The zero-order valence-corrected chi connectivity index (χ0v) is 36.4. The molecule has 1 aromatic heterocycles. The van der Waals surface area contributed by atoms with Crippen molar-refractivity contribution in [3.63, 3.8) is 0 Å². The van der Waals surface area contributed by atoms with Crippen molar-refractivity contribution in [1.29, 1.82) is 0 Å². The third kappa shape index (κ3) is 4.77. The average molecular weight is 863 g/mol. The molecule has 0 saturated carbocycles. The average Bonchev–Trinajstić information content (AvgIpc) is 4.01. The van der Waals surface area contributed by atoms with E-state index in [1.807, 2.05) is 35.6 Å². The van der Waals surface area contributed by atoms with Gasteiger partial charge in [0, 0.05) is 48.9 Å². The molecule has 1 spiro atoms. The van der Waals surface area contributed by atoms with E-state index < -0.39 is 0 Å². The van der Waals surface area contributed by atoms with E-state index in [4.69, 9.17) is 9.47 Å². The summed E-state index contributed by atoms with van der Waals surface area (Å²) in [7, 11) is 0.